The summed E-state index contributed by atoms with van der Waals surface area (Å²) in [5.41, 5.74) is 1.01. The van der Waals surface area contributed by atoms with Crippen molar-refractivity contribution in [2.24, 2.45) is 5.92 Å². The van der Waals surface area contributed by atoms with Gasteiger partial charge in [0.05, 0.1) is 19.0 Å². The minimum absolute atomic E-state index is 0.0426. The molecule has 2 aromatic carbocycles. The van der Waals surface area contributed by atoms with Crippen molar-refractivity contribution >= 4 is 37.8 Å². The summed E-state index contributed by atoms with van der Waals surface area (Å²) in [5, 5.41) is 6.10. The van der Waals surface area contributed by atoms with Gasteiger partial charge in [-0.1, -0.05) is 34.1 Å². The number of hydrogen-bond donors (Lipinski definition) is 3. The number of nitrogens with zero attached hydrogens (tertiary/aromatic N) is 1. The van der Waals surface area contributed by atoms with Crippen molar-refractivity contribution < 1.29 is 31.5 Å². The second-order valence-electron chi connectivity index (χ2n) is 11.0. The molecule has 3 N–H and O–H groups in total. The highest BCUT2D eigenvalue weighted by atomic mass is 79.9. The van der Waals surface area contributed by atoms with E-state index in [4.69, 9.17) is 4.74 Å². The highest BCUT2D eigenvalue weighted by Crippen LogP contribution is 2.26. The van der Waals surface area contributed by atoms with E-state index in [1.165, 1.54) is 23.1 Å². The number of piperidine rings is 1. The lowest BCUT2D eigenvalue weighted by Crippen LogP contribution is -2.53. The molecular weight excluding hydrogens is 634 g/mol. The number of amides is 2. The number of halogens is 3. The molecule has 42 heavy (non-hydrogen) atoms. The van der Waals surface area contributed by atoms with Crippen LogP contribution in [-0.2, 0) is 37.5 Å². The molecule has 0 radical (unpaired) electrons. The molecule has 2 aliphatic rings. The molecule has 2 aromatic rings. The van der Waals surface area contributed by atoms with Crippen LogP contribution in [0.25, 0.3) is 0 Å². The van der Waals surface area contributed by atoms with Gasteiger partial charge >= 0.3 is 0 Å². The standard InChI is InChI=1S/C29H37BrF2N4O5S/c1-42(39,40)35-26(9-4-19-10-12-33-13-11-19)29(38)36-17-24(41-18-21-5-6-22(30)14-25(21)32)15-27(36)28(37)34-16-20-2-7-23(31)8-3-20/h2-3,5-8,14,19,24,26-27,33,35H,4,9-13,15-18H2,1H3,(H,34,37)/t24-,26-,27+/m1/s1. The van der Waals surface area contributed by atoms with Gasteiger partial charge in [0.25, 0.3) is 0 Å². The molecular formula is C29H37BrF2N4O5S. The van der Waals surface area contributed by atoms with Gasteiger partial charge in [-0.15, -0.1) is 0 Å². The van der Waals surface area contributed by atoms with Crippen LogP contribution < -0.4 is 15.4 Å². The number of sulfonamides is 1. The first-order chi connectivity index (χ1) is 20.0. The lowest BCUT2D eigenvalue weighted by molar-refractivity contribution is -0.140. The molecule has 3 atom stereocenters. The summed E-state index contributed by atoms with van der Waals surface area (Å²) < 4.78 is 61.2. The Labute approximate surface area is 253 Å². The van der Waals surface area contributed by atoms with E-state index < -0.39 is 51.7 Å². The van der Waals surface area contributed by atoms with Gasteiger partial charge in [0.2, 0.25) is 21.8 Å². The van der Waals surface area contributed by atoms with Gasteiger partial charge in [0.1, 0.15) is 23.7 Å². The summed E-state index contributed by atoms with van der Waals surface area (Å²) in [7, 11) is -3.72. The van der Waals surface area contributed by atoms with Crippen LogP contribution in [0.1, 0.15) is 43.2 Å². The van der Waals surface area contributed by atoms with Crippen molar-refractivity contribution in [1.82, 2.24) is 20.3 Å². The number of likely N-dealkylation sites (tertiary alicyclic amines) is 1. The molecule has 13 heteroatoms. The molecule has 0 unspecified atom stereocenters. The van der Waals surface area contributed by atoms with Crippen molar-refractivity contribution in [3.8, 4) is 0 Å². The zero-order chi connectivity index (χ0) is 30.3. The summed E-state index contributed by atoms with van der Waals surface area (Å²) in [6.45, 7) is 1.86. The zero-order valence-corrected chi connectivity index (χ0v) is 25.9. The molecule has 0 bridgehead atoms. The summed E-state index contributed by atoms with van der Waals surface area (Å²) in [6.07, 6.45) is 3.43. The number of hydrogen-bond acceptors (Lipinski definition) is 6. The minimum atomic E-state index is -3.72. The molecule has 4 rings (SSSR count). The third kappa shape index (κ3) is 9.53. The third-order valence-electron chi connectivity index (χ3n) is 7.69. The molecule has 2 amide bonds. The van der Waals surface area contributed by atoms with Crippen LogP contribution in [0.4, 0.5) is 8.78 Å². The predicted octanol–water partition coefficient (Wildman–Crippen LogP) is 3.23. The maximum absolute atomic E-state index is 14.4. The average molecular weight is 672 g/mol. The van der Waals surface area contributed by atoms with Crippen LogP contribution in [0.2, 0.25) is 0 Å². The summed E-state index contributed by atoms with van der Waals surface area (Å²) >= 11 is 3.23. The molecule has 0 aliphatic carbocycles. The van der Waals surface area contributed by atoms with E-state index in [1.807, 2.05) is 0 Å². The quantitative estimate of drug-likeness (QED) is 0.319. The maximum atomic E-state index is 14.4. The Morgan fingerprint density at radius 3 is 2.52 bits per heavy atom. The second kappa shape index (κ2) is 14.8. The summed E-state index contributed by atoms with van der Waals surface area (Å²) in [4.78, 5) is 28.6. The van der Waals surface area contributed by atoms with Crippen LogP contribution in [0.3, 0.4) is 0 Å². The Balaban J connectivity index is 1.49. The van der Waals surface area contributed by atoms with Gasteiger partial charge in [0.15, 0.2) is 0 Å². The Bertz CT molecular complexity index is 1340. The first-order valence-corrected chi connectivity index (χ1v) is 16.7. The molecule has 2 aliphatic heterocycles. The Kier molecular flexibility index (Phi) is 11.5. The van der Waals surface area contributed by atoms with Gasteiger partial charge in [-0.25, -0.2) is 21.9 Å². The molecule has 0 saturated carbocycles. The number of ether oxygens (including phenoxy) is 1. The van der Waals surface area contributed by atoms with Crippen molar-refractivity contribution in [2.75, 3.05) is 25.9 Å². The molecule has 2 fully saturated rings. The van der Waals surface area contributed by atoms with Crippen molar-refractivity contribution in [1.29, 1.82) is 0 Å². The lowest BCUT2D eigenvalue weighted by atomic mass is 9.91. The van der Waals surface area contributed by atoms with Crippen molar-refractivity contribution in [3.05, 3.63) is 69.7 Å². The van der Waals surface area contributed by atoms with Gasteiger partial charge in [-0.3, -0.25) is 9.59 Å². The lowest BCUT2D eigenvalue weighted by Gasteiger charge is -2.30. The largest absolute Gasteiger partial charge is 0.371 e. The van der Waals surface area contributed by atoms with E-state index in [1.54, 1.807) is 24.3 Å². The fourth-order valence-electron chi connectivity index (χ4n) is 5.43. The number of carbonyl (C=O) groups excluding carboxylic acids is 2. The Morgan fingerprint density at radius 2 is 1.86 bits per heavy atom. The van der Waals surface area contributed by atoms with Crippen LogP contribution in [0.5, 0.6) is 0 Å². The van der Waals surface area contributed by atoms with Gasteiger partial charge in [-0.05, 0) is 74.5 Å². The van der Waals surface area contributed by atoms with E-state index in [-0.39, 0.29) is 26.1 Å². The van der Waals surface area contributed by atoms with Crippen molar-refractivity contribution in [3.63, 3.8) is 0 Å². The average Bonchev–Trinajstić information content (AvgIpc) is 3.38. The number of carbonyl (C=O) groups is 2. The van der Waals surface area contributed by atoms with Crippen LogP contribution in [0, 0.1) is 17.6 Å². The zero-order valence-electron chi connectivity index (χ0n) is 23.5. The van der Waals surface area contributed by atoms with Gasteiger partial charge < -0.3 is 20.3 Å². The van der Waals surface area contributed by atoms with E-state index >= 15 is 0 Å². The van der Waals surface area contributed by atoms with E-state index in [9.17, 15) is 26.8 Å². The monoisotopic (exact) mass is 670 g/mol. The van der Waals surface area contributed by atoms with Crippen LogP contribution in [-0.4, -0.2) is 69.2 Å². The Hall–Kier alpha value is -2.45. The van der Waals surface area contributed by atoms with Gasteiger partial charge in [0, 0.05) is 29.5 Å². The van der Waals surface area contributed by atoms with E-state index in [0.717, 1.165) is 32.2 Å². The molecule has 9 nitrogen and oxygen atoms in total. The summed E-state index contributed by atoms with van der Waals surface area (Å²) in [5.74, 6) is -1.41. The molecule has 0 aromatic heterocycles. The number of benzene rings is 2. The van der Waals surface area contributed by atoms with Crippen LogP contribution in [0.15, 0.2) is 46.9 Å². The fraction of sp³-hybridized carbons (Fsp3) is 0.517. The smallest absolute Gasteiger partial charge is 0.243 e. The first-order valence-electron chi connectivity index (χ1n) is 14.0. The molecule has 2 saturated heterocycles. The SMILES string of the molecule is CS(=O)(=O)N[C@H](CCC1CCNCC1)C(=O)N1C[C@H](OCc2ccc(Br)cc2F)C[C@H]1C(=O)NCc1ccc(F)cc1. The first kappa shape index (κ1) is 32.5. The third-order valence-corrected chi connectivity index (χ3v) is 8.90. The predicted molar refractivity (Wildman–Crippen MR) is 158 cm³/mol. The van der Waals surface area contributed by atoms with Crippen LogP contribution >= 0.6 is 15.9 Å². The number of nitrogens with one attached hydrogen (secondary N) is 3. The van der Waals surface area contributed by atoms with Crippen molar-refractivity contribution in [2.45, 2.75) is 63.4 Å². The van der Waals surface area contributed by atoms with E-state index in [2.05, 4.69) is 31.3 Å². The van der Waals surface area contributed by atoms with E-state index in [0.29, 0.717) is 34.4 Å². The minimum Gasteiger partial charge on any atom is -0.371 e. The molecule has 2 heterocycles. The second-order valence-corrected chi connectivity index (χ2v) is 13.7. The number of rotatable bonds is 12. The topological polar surface area (TPSA) is 117 Å². The molecule has 0 spiro atoms. The Morgan fingerprint density at radius 1 is 1.14 bits per heavy atom. The fourth-order valence-corrected chi connectivity index (χ4v) is 6.50. The summed E-state index contributed by atoms with van der Waals surface area (Å²) in [6, 6.07) is 8.35. The maximum Gasteiger partial charge on any atom is 0.243 e. The normalized spacial score (nSPS) is 20.4. The van der Waals surface area contributed by atoms with Gasteiger partial charge in [-0.2, -0.15) is 0 Å². The molecule has 230 valence electrons. The highest BCUT2D eigenvalue weighted by Gasteiger charge is 2.42. The highest BCUT2D eigenvalue weighted by molar-refractivity contribution is 9.10.